The van der Waals surface area contributed by atoms with Crippen molar-refractivity contribution in [3.8, 4) is 0 Å². The second kappa shape index (κ2) is 6.36. The van der Waals surface area contributed by atoms with Gasteiger partial charge in [-0.3, -0.25) is 0 Å². The Kier molecular flexibility index (Phi) is 4.53. The van der Waals surface area contributed by atoms with Crippen molar-refractivity contribution in [3.63, 3.8) is 0 Å². The third-order valence-corrected chi connectivity index (χ3v) is 3.38. The highest BCUT2D eigenvalue weighted by atomic mass is 15.0. The molecule has 0 bridgehead atoms. The molecule has 0 saturated carbocycles. The number of rotatable bonds is 6. The minimum absolute atomic E-state index is 0.478. The van der Waals surface area contributed by atoms with Gasteiger partial charge >= 0.3 is 0 Å². The van der Waals surface area contributed by atoms with Crippen LogP contribution in [0, 0.1) is 0 Å². The molecule has 0 saturated heterocycles. The molecule has 0 spiro atoms. The van der Waals surface area contributed by atoms with Crippen molar-refractivity contribution in [1.82, 2.24) is 14.9 Å². The van der Waals surface area contributed by atoms with Crippen molar-refractivity contribution in [2.45, 2.75) is 25.3 Å². The van der Waals surface area contributed by atoms with Gasteiger partial charge in [-0.05, 0) is 25.5 Å². The van der Waals surface area contributed by atoms with E-state index >= 15 is 0 Å². The van der Waals surface area contributed by atoms with Crippen LogP contribution in [0.2, 0.25) is 0 Å². The number of benzene rings is 1. The number of nitrogens with one attached hydrogen (secondary N) is 1. The molecule has 2 rings (SSSR count). The van der Waals surface area contributed by atoms with Gasteiger partial charge in [0.1, 0.15) is 5.82 Å². The van der Waals surface area contributed by atoms with Gasteiger partial charge in [-0.15, -0.1) is 0 Å². The summed E-state index contributed by atoms with van der Waals surface area (Å²) in [5, 5.41) is 3.38. The monoisotopic (exact) mass is 243 g/mol. The molecule has 1 aromatic heterocycles. The van der Waals surface area contributed by atoms with E-state index in [0.29, 0.717) is 6.04 Å². The van der Waals surface area contributed by atoms with Gasteiger partial charge in [-0.25, -0.2) is 4.98 Å². The van der Waals surface area contributed by atoms with E-state index in [4.69, 9.17) is 0 Å². The van der Waals surface area contributed by atoms with Crippen LogP contribution in [0.1, 0.15) is 17.8 Å². The Morgan fingerprint density at radius 1 is 1.28 bits per heavy atom. The van der Waals surface area contributed by atoms with E-state index in [-0.39, 0.29) is 0 Å². The van der Waals surface area contributed by atoms with E-state index in [1.165, 1.54) is 5.56 Å². The molecule has 1 unspecified atom stereocenters. The van der Waals surface area contributed by atoms with Crippen molar-refractivity contribution in [2.24, 2.45) is 7.05 Å². The van der Waals surface area contributed by atoms with E-state index in [1.54, 1.807) is 0 Å². The average Bonchev–Trinajstić information content (AvgIpc) is 2.81. The van der Waals surface area contributed by atoms with Crippen molar-refractivity contribution in [3.05, 3.63) is 54.1 Å². The Labute approximate surface area is 109 Å². The molecule has 3 nitrogen and oxygen atoms in total. The highest BCUT2D eigenvalue weighted by Gasteiger charge is 2.10. The van der Waals surface area contributed by atoms with Gasteiger partial charge in [-0.1, -0.05) is 30.3 Å². The summed E-state index contributed by atoms with van der Waals surface area (Å²) in [7, 11) is 4.07. The highest BCUT2D eigenvalue weighted by Crippen LogP contribution is 2.08. The molecule has 0 aliphatic carbocycles. The van der Waals surface area contributed by atoms with Crippen molar-refractivity contribution in [1.29, 1.82) is 0 Å². The van der Waals surface area contributed by atoms with Crippen LogP contribution in [-0.2, 0) is 19.9 Å². The second-order valence-corrected chi connectivity index (χ2v) is 4.67. The van der Waals surface area contributed by atoms with E-state index in [1.807, 2.05) is 26.5 Å². The predicted octanol–water partition coefficient (Wildman–Crippen LogP) is 2.18. The Hall–Kier alpha value is -1.61. The third-order valence-electron chi connectivity index (χ3n) is 3.38. The molecule has 0 radical (unpaired) electrons. The lowest BCUT2D eigenvalue weighted by Gasteiger charge is -2.15. The van der Waals surface area contributed by atoms with Crippen LogP contribution in [0.15, 0.2) is 42.7 Å². The van der Waals surface area contributed by atoms with Gasteiger partial charge in [0.25, 0.3) is 0 Å². The maximum absolute atomic E-state index is 4.38. The number of aromatic nitrogens is 2. The standard InChI is InChI=1S/C15H21N3/c1-16-14(12-15-17-10-11-18(15)2)9-8-13-6-4-3-5-7-13/h3-7,10-11,14,16H,8-9,12H2,1-2H3. The lowest BCUT2D eigenvalue weighted by Crippen LogP contribution is -2.29. The molecule has 96 valence electrons. The summed E-state index contributed by atoms with van der Waals surface area (Å²) in [5.41, 5.74) is 1.40. The van der Waals surface area contributed by atoms with Crippen LogP contribution in [0.5, 0.6) is 0 Å². The third kappa shape index (κ3) is 3.44. The van der Waals surface area contributed by atoms with Gasteiger partial charge in [0, 0.05) is 31.9 Å². The van der Waals surface area contributed by atoms with E-state index in [9.17, 15) is 0 Å². The minimum atomic E-state index is 0.478. The quantitative estimate of drug-likeness (QED) is 0.843. The summed E-state index contributed by atoms with van der Waals surface area (Å²) in [6.07, 6.45) is 7.08. The molecule has 0 amide bonds. The van der Waals surface area contributed by atoms with E-state index in [0.717, 1.165) is 25.1 Å². The lowest BCUT2D eigenvalue weighted by atomic mass is 10.0. The predicted molar refractivity (Wildman–Crippen MR) is 74.5 cm³/mol. The summed E-state index contributed by atoms with van der Waals surface area (Å²) in [6, 6.07) is 11.1. The molecule has 0 aliphatic heterocycles. The zero-order valence-corrected chi connectivity index (χ0v) is 11.1. The van der Waals surface area contributed by atoms with Gasteiger partial charge in [0.05, 0.1) is 0 Å². The summed E-state index contributed by atoms with van der Waals surface area (Å²) in [5.74, 6) is 1.14. The van der Waals surface area contributed by atoms with E-state index in [2.05, 4.69) is 45.2 Å². The zero-order valence-electron chi connectivity index (χ0n) is 11.1. The second-order valence-electron chi connectivity index (χ2n) is 4.67. The smallest absolute Gasteiger partial charge is 0.109 e. The first-order valence-corrected chi connectivity index (χ1v) is 6.47. The van der Waals surface area contributed by atoms with E-state index < -0.39 is 0 Å². The fourth-order valence-electron chi connectivity index (χ4n) is 2.15. The number of hydrogen-bond donors (Lipinski definition) is 1. The van der Waals surface area contributed by atoms with Crippen LogP contribution in [0.25, 0.3) is 0 Å². The number of imidazole rings is 1. The van der Waals surface area contributed by atoms with Crippen LogP contribution >= 0.6 is 0 Å². The lowest BCUT2D eigenvalue weighted by molar-refractivity contribution is 0.502. The summed E-state index contributed by atoms with van der Waals surface area (Å²) in [6.45, 7) is 0. The number of hydrogen-bond acceptors (Lipinski definition) is 2. The molecule has 3 heteroatoms. The molecule has 1 N–H and O–H groups in total. The van der Waals surface area contributed by atoms with Crippen molar-refractivity contribution < 1.29 is 0 Å². The summed E-state index contributed by atoms with van der Waals surface area (Å²) < 4.78 is 2.09. The zero-order chi connectivity index (χ0) is 12.8. The first-order valence-electron chi connectivity index (χ1n) is 6.47. The first-order chi connectivity index (χ1) is 8.79. The molecule has 1 atom stereocenters. The normalized spacial score (nSPS) is 12.6. The highest BCUT2D eigenvalue weighted by molar-refractivity contribution is 5.14. The first kappa shape index (κ1) is 12.8. The van der Waals surface area contributed by atoms with Gasteiger partial charge in [-0.2, -0.15) is 0 Å². The fourth-order valence-corrected chi connectivity index (χ4v) is 2.15. The van der Waals surface area contributed by atoms with Gasteiger partial charge in [0.2, 0.25) is 0 Å². The van der Waals surface area contributed by atoms with Crippen LogP contribution in [-0.4, -0.2) is 22.6 Å². The molecular formula is C15H21N3. The Bertz CT molecular complexity index is 462. The van der Waals surface area contributed by atoms with Gasteiger partial charge in [0.15, 0.2) is 0 Å². The SMILES string of the molecule is CNC(CCc1ccccc1)Cc1nccn1C. The Morgan fingerprint density at radius 2 is 2.06 bits per heavy atom. The molecule has 0 aliphatic rings. The van der Waals surface area contributed by atoms with Crippen LogP contribution in [0.4, 0.5) is 0 Å². The number of aryl methyl sites for hydroxylation is 2. The largest absolute Gasteiger partial charge is 0.338 e. The molecule has 1 aromatic carbocycles. The van der Waals surface area contributed by atoms with Gasteiger partial charge < -0.3 is 9.88 Å². The van der Waals surface area contributed by atoms with Crippen molar-refractivity contribution >= 4 is 0 Å². The molecule has 1 heterocycles. The molecular weight excluding hydrogens is 222 g/mol. The maximum Gasteiger partial charge on any atom is 0.109 e. The number of likely N-dealkylation sites (N-methyl/N-ethyl adjacent to an activating group) is 1. The fraction of sp³-hybridized carbons (Fsp3) is 0.400. The van der Waals surface area contributed by atoms with Crippen LogP contribution < -0.4 is 5.32 Å². The molecule has 18 heavy (non-hydrogen) atoms. The summed E-state index contributed by atoms with van der Waals surface area (Å²) in [4.78, 5) is 4.38. The minimum Gasteiger partial charge on any atom is -0.338 e. The Morgan fingerprint density at radius 3 is 2.67 bits per heavy atom. The topological polar surface area (TPSA) is 29.9 Å². The van der Waals surface area contributed by atoms with Crippen LogP contribution in [0.3, 0.4) is 0 Å². The average molecular weight is 243 g/mol. The van der Waals surface area contributed by atoms with Crippen molar-refractivity contribution in [2.75, 3.05) is 7.05 Å². The molecule has 2 aromatic rings. The Balaban J connectivity index is 1.88. The maximum atomic E-state index is 4.38. The summed E-state index contributed by atoms with van der Waals surface area (Å²) >= 11 is 0. The molecule has 0 fully saturated rings. The number of nitrogens with zero attached hydrogens (tertiary/aromatic N) is 2.